The lowest BCUT2D eigenvalue weighted by Gasteiger charge is -2.09. The van der Waals surface area contributed by atoms with Crippen molar-refractivity contribution in [2.45, 2.75) is 51.9 Å². The van der Waals surface area contributed by atoms with Gasteiger partial charge in [-0.25, -0.2) is 4.98 Å². The molecule has 2 nitrogen and oxygen atoms in total. The Morgan fingerprint density at radius 3 is 2.56 bits per heavy atom. The summed E-state index contributed by atoms with van der Waals surface area (Å²) < 4.78 is 38.6. The molecule has 102 valence electrons. The van der Waals surface area contributed by atoms with Gasteiger partial charge in [0.05, 0.1) is 9.88 Å². The number of aromatic nitrogens is 1. The van der Waals surface area contributed by atoms with Crippen molar-refractivity contribution >= 4 is 11.3 Å². The molecule has 0 aliphatic heterocycles. The maximum atomic E-state index is 12.9. The van der Waals surface area contributed by atoms with E-state index in [1.54, 1.807) is 0 Å². The van der Waals surface area contributed by atoms with Gasteiger partial charge in [-0.1, -0.05) is 13.8 Å². The van der Waals surface area contributed by atoms with Crippen LogP contribution in [-0.4, -0.2) is 11.0 Å². The molecule has 18 heavy (non-hydrogen) atoms. The monoisotopic (exact) mass is 278 g/mol. The summed E-state index contributed by atoms with van der Waals surface area (Å²) in [6.45, 7) is 4.08. The summed E-state index contributed by atoms with van der Waals surface area (Å²) in [5.74, 6) is 0.558. The van der Waals surface area contributed by atoms with Gasteiger partial charge in [-0.15, -0.1) is 11.3 Å². The maximum absolute atomic E-state index is 12.9. The highest BCUT2D eigenvalue weighted by Gasteiger charge is 2.37. The molecule has 0 bridgehead atoms. The molecule has 6 heteroatoms. The fourth-order valence-corrected chi connectivity index (χ4v) is 2.85. The zero-order valence-electron chi connectivity index (χ0n) is 10.5. The summed E-state index contributed by atoms with van der Waals surface area (Å²) in [6.07, 6.45) is -1.39. The van der Waals surface area contributed by atoms with E-state index in [9.17, 15) is 13.2 Å². The molecule has 1 saturated carbocycles. The van der Waals surface area contributed by atoms with Crippen LogP contribution in [0.3, 0.4) is 0 Å². The highest BCUT2D eigenvalue weighted by Crippen LogP contribution is 2.38. The summed E-state index contributed by atoms with van der Waals surface area (Å²) in [7, 11) is 0. The third kappa shape index (κ3) is 3.68. The summed E-state index contributed by atoms with van der Waals surface area (Å²) in [6, 6.07) is 0.167. The van der Waals surface area contributed by atoms with E-state index < -0.39 is 11.9 Å². The van der Waals surface area contributed by atoms with Crippen molar-refractivity contribution in [1.82, 2.24) is 10.3 Å². The molecular formula is C12H17F3N2S. The SMILES string of the molecule is CC(C)NCc1sc(CC2CC2)nc1C(F)(F)F. The molecule has 1 aromatic rings. The Hall–Kier alpha value is -0.620. The smallest absolute Gasteiger partial charge is 0.310 e. The van der Waals surface area contributed by atoms with Crippen LogP contribution in [0.1, 0.15) is 42.3 Å². The summed E-state index contributed by atoms with van der Waals surface area (Å²) in [5.41, 5.74) is -0.698. The molecule has 0 atom stereocenters. The number of nitrogens with one attached hydrogen (secondary N) is 1. The predicted molar refractivity (Wildman–Crippen MR) is 65.5 cm³/mol. The van der Waals surface area contributed by atoms with Crippen molar-refractivity contribution in [3.63, 3.8) is 0 Å². The first kappa shape index (κ1) is 13.8. The van der Waals surface area contributed by atoms with E-state index in [-0.39, 0.29) is 12.6 Å². The van der Waals surface area contributed by atoms with E-state index in [1.165, 1.54) is 11.3 Å². The zero-order chi connectivity index (χ0) is 13.3. The molecule has 2 rings (SSSR count). The standard InChI is InChI=1S/C12H17F3N2S/c1-7(2)16-6-9-11(12(13,14)15)17-10(18-9)5-8-3-4-8/h7-8,16H,3-6H2,1-2H3. The average molecular weight is 278 g/mol. The van der Waals surface area contributed by atoms with Crippen LogP contribution >= 0.6 is 11.3 Å². The van der Waals surface area contributed by atoms with Crippen LogP contribution in [0.4, 0.5) is 13.2 Å². The summed E-state index contributed by atoms with van der Waals surface area (Å²) in [4.78, 5) is 4.10. The second-order valence-corrected chi connectivity index (χ2v) is 6.23. The van der Waals surface area contributed by atoms with Crippen LogP contribution in [0.25, 0.3) is 0 Å². The van der Waals surface area contributed by atoms with Gasteiger partial charge in [0, 0.05) is 19.0 Å². The Labute approximate surface area is 109 Å². The second kappa shape index (κ2) is 5.17. The highest BCUT2D eigenvalue weighted by atomic mass is 32.1. The van der Waals surface area contributed by atoms with Crippen molar-refractivity contribution in [2.75, 3.05) is 0 Å². The van der Waals surface area contributed by atoms with Crippen LogP contribution in [0.15, 0.2) is 0 Å². The minimum absolute atomic E-state index is 0.167. The number of rotatable bonds is 5. The van der Waals surface area contributed by atoms with Crippen LogP contribution < -0.4 is 5.32 Å². The number of thiazole rings is 1. The third-order valence-corrected chi connectivity index (χ3v) is 3.92. The van der Waals surface area contributed by atoms with Crippen molar-refractivity contribution in [3.05, 3.63) is 15.6 Å². The van der Waals surface area contributed by atoms with Crippen LogP contribution in [0.2, 0.25) is 0 Å². The molecule has 0 unspecified atom stereocenters. The van der Waals surface area contributed by atoms with Gasteiger partial charge in [0.25, 0.3) is 0 Å². The largest absolute Gasteiger partial charge is 0.434 e. The lowest BCUT2D eigenvalue weighted by Crippen LogP contribution is -2.23. The van der Waals surface area contributed by atoms with Gasteiger partial charge in [-0.05, 0) is 18.8 Å². The van der Waals surface area contributed by atoms with Gasteiger partial charge in [-0.2, -0.15) is 13.2 Å². The van der Waals surface area contributed by atoms with Gasteiger partial charge in [0.2, 0.25) is 0 Å². The number of halogens is 3. The van der Waals surface area contributed by atoms with E-state index in [4.69, 9.17) is 0 Å². The summed E-state index contributed by atoms with van der Waals surface area (Å²) in [5, 5.41) is 3.66. The zero-order valence-corrected chi connectivity index (χ0v) is 11.3. The normalized spacial score (nSPS) is 16.6. The number of hydrogen-bond acceptors (Lipinski definition) is 3. The van der Waals surface area contributed by atoms with Crippen molar-refractivity contribution in [1.29, 1.82) is 0 Å². The minimum atomic E-state index is -4.34. The molecule has 0 aromatic carbocycles. The topological polar surface area (TPSA) is 24.9 Å². The quantitative estimate of drug-likeness (QED) is 0.890. The number of alkyl halides is 3. The first-order chi connectivity index (χ1) is 8.36. The molecule has 1 aliphatic carbocycles. The van der Waals surface area contributed by atoms with Gasteiger partial charge in [-0.3, -0.25) is 0 Å². The molecule has 1 aromatic heterocycles. The van der Waals surface area contributed by atoms with Crippen molar-refractivity contribution in [2.24, 2.45) is 5.92 Å². The van der Waals surface area contributed by atoms with Crippen molar-refractivity contribution in [3.8, 4) is 0 Å². The molecule has 0 saturated heterocycles. The van der Waals surface area contributed by atoms with Gasteiger partial charge in [0.15, 0.2) is 5.69 Å². The average Bonchev–Trinajstić information content (AvgIpc) is 2.92. The first-order valence-electron chi connectivity index (χ1n) is 6.15. The Kier molecular flexibility index (Phi) is 3.96. The molecule has 0 radical (unpaired) electrons. The fourth-order valence-electron chi connectivity index (χ4n) is 1.69. The lowest BCUT2D eigenvalue weighted by atomic mass is 10.3. The highest BCUT2D eigenvalue weighted by molar-refractivity contribution is 7.11. The van der Waals surface area contributed by atoms with E-state index in [0.717, 1.165) is 12.8 Å². The third-order valence-electron chi connectivity index (χ3n) is 2.84. The molecule has 1 N–H and O–H groups in total. The van der Waals surface area contributed by atoms with Crippen LogP contribution in [0, 0.1) is 5.92 Å². The number of hydrogen-bond donors (Lipinski definition) is 1. The fraction of sp³-hybridized carbons (Fsp3) is 0.750. The summed E-state index contributed by atoms with van der Waals surface area (Å²) >= 11 is 1.20. The van der Waals surface area contributed by atoms with Gasteiger partial charge >= 0.3 is 6.18 Å². The van der Waals surface area contributed by atoms with E-state index in [0.29, 0.717) is 22.2 Å². The molecule has 0 spiro atoms. The van der Waals surface area contributed by atoms with Gasteiger partial charge < -0.3 is 5.32 Å². The Bertz CT molecular complexity index is 408. The first-order valence-corrected chi connectivity index (χ1v) is 6.97. The van der Waals surface area contributed by atoms with Gasteiger partial charge in [0.1, 0.15) is 0 Å². The maximum Gasteiger partial charge on any atom is 0.434 e. The molecule has 1 fully saturated rings. The minimum Gasteiger partial charge on any atom is -0.310 e. The van der Waals surface area contributed by atoms with E-state index in [1.807, 2.05) is 13.8 Å². The number of nitrogens with zero attached hydrogens (tertiary/aromatic N) is 1. The predicted octanol–water partition coefficient (Wildman–Crippen LogP) is 3.61. The lowest BCUT2D eigenvalue weighted by molar-refractivity contribution is -0.141. The Morgan fingerprint density at radius 2 is 2.06 bits per heavy atom. The van der Waals surface area contributed by atoms with E-state index >= 15 is 0 Å². The van der Waals surface area contributed by atoms with E-state index in [2.05, 4.69) is 10.3 Å². The molecule has 0 amide bonds. The second-order valence-electron chi connectivity index (χ2n) is 5.06. The molecule has 1 aliphatic rings. The molecule has 1 heterocycles. The van der Waals surface area contributed by atoms with Crippen LogP contribution in [0.5, 0.6) is 0 Å². The Morgan fingerprint density at radius 1 is 1.39 bits per heavy atom. The van der Waals surface area contributed by atoms with Crippen molar-refractivity contribution < 1.29 is 13.2 Å². The van der Waals surface area contributed by atoms with Crippen LogP contribution in [-0.2, 0) is 19.1 Å². The molecular weight excluding hydrogens is 261 g/mol. The Balaban J connectivity index is 2.15.